The van der Waals surface area contributed by atoms with Crippen LogP contribution in [0.1, 0.15) is 46.9 Å². The SMILES string of the molecule is CCNC(=O)Nc1sc2c(OC)cccc2c1C(=O)N1CCC2(CC1)CC(=O)c1cc(Br)ccc1S2. The quantitative estimate of drug-likeness (QED) is 0.381. The molecule has 0 bridgehead atoms. The molecule has 5 rings (SSSR count). The van der Waals surface area contributed by atoms with Crippen molar-refractivity contribution in [2.45, 2.75) is 35.8 Å². The average Bonchev–Trinajstić information content (AvgIpc) is 3.22. The zero-order valence-electron chi connectivity index (χ0n) is 20.0. The van der Waals surface area contributed by atoms with Gasteiger partial charge in [-0.1, -0.05) is 28.1 Å². The van der Waals surface area contributed by atoms with E-state index in [1.807, 2.05) is 48.2 Å². The number of hydrogen-bond donors (Lipinski definition) is 2. The molecule has 7 nitrogen and oxygen atoms in total. The molecule has 0 aliphatic carbocycles. The van der Waals surface area contributed by atoms with Gasteiger partial charge in [-0.15, -0.1) is 23.1 Å². The van der Waals surface area contributed by atoms with Gasteiger partial charge in [0.15, 0.2) is 5.78 Å². The molecule has 3 heterocycles. The second kappa shape index (κ2) is 10.1. The molecule has 0 saturated carbocycles. The lowest BCUT2D eigenvalue weighted by molar-refractivity contribution is 0.0699. The van der Waals surface area contributed by atoms with E-state index >= 15 is 0 Å². The van der Waals surface area contributed by atoms with Crippen molar-refractivity contribution in [2.24, 2.45) is 0 Å². The Morgan fingerprint density at radius 1 is 1.19 bits per heavy atom. The molecule has 1 aromatic heterocycles. The number of ketones is 1. The predicted octanol–water partition coefficient (Wildman–Crippen LogP) is 6.17. The lowest BCUT2D eigenvalue weighted by atomic mass is 9.87. The number of thioether (sulfide) groups is 1. The number of Topliss-reactive ketones (excluding diaryl/α,β-unsaturated/α-hetero) is 1. The number of carbonyl (C=O) groups is 3. The molecule has 2 aliphatic heterocycles. The molecule has 1 saturated heterocycles. The monoisotopic (exact) mass is 587 g/mol. The topological polar surface area (TPSA) is 87.7 Å². The number of piperidine rings is 1. The third kappa shape index (κ3) is 4.62. The number of hydrogen-bond acceptors (Lipinski definition) is 6. The Hall–Kier alpha value is -2.56. The summed E-state index contributed by atoms with van der Waals surface area (Å²) in [5, 5.41) is 6.86. The van der Waals surface area contributed by atoms with Crippen molar-refractivity contribution >= 4 is 71.8 Å². The summed E-state index contributed by atoms with van der Waals surface area (Å²) in [4.78, 5) is 42.0. The van der Waals surface area contributed by atoms with Gasteiger partial charge < -0.3 is 15.0 Å². The minimum absolute atomic E-state index is 0.118. The third-order valence-electron chi connectivity index (χ3n) is 6.69. The molecule has 1 spiro atoms. The first kappa shape index (κ1) is 25.1. The zero-order chi connectivity index (χ0) is 25.4. The summed E-state index contributed by atoms with van der Waals surface area (Å²) in [5.41, 5.74) is 1.26. The molecule has 0 atom stereocenters. The fraction of sp³-hybridized carbons (Fsp3) is 0.346. The van der Waals surface area contributed by atoms with Crippen LogP contribution in [0.5, 0.6) is 5.75 Å². The smallest absolute Gasteiger partial charge is 0.319 e. The minimum Gasteiger partial charge on any atom is -0.495 e. The number of nitrogens with one attached hydrogen (secondary N) is 2. The molecule has 2 aliphatic rings. The van der Waals surface area contributed by atoms with Crippen molar-refractivity contribution in [2.75, 3.05) is 32.1 Å². The number of carbonyl (C=O) groups excluding carboxylic acids is 3. The second-order valence-electron chi connectivity index (χ2n) is 8.95. The van der Waals surface area contributed by atoms with Gasteiger partial charge >= 0.3 is 6.03 Å². The van der Waals surface area contributed by atoms with Crippen LogP contribution < -0.4 is 15.4 Å². The van der Waals surface area contributed by atoms with Crippen molar-refractivity contribution in [3.8, 4) is 5.75 Å². The number of halogens is 1. The highest BCUT2D eigenvalue weighted by molar-refractivity contribution is 9.10. The summed E-state index contributed by atoms with van der Waals surface area (Å²) in [6.45, 7) is 3.42. The van der Waals surface area contributed by atoms with E-state index in [4.69, 9.17) is 4.74 Å². The highest BCUT2D eigenvalue weighted by Gasteiger charge is 2.43. The molecule has 0 radical (unpaired) electrons. The van der Waals surface area contributed by atoms with Crippen LogP contribution in [-0.4, -0.2) is 54.1 Å². The molecule has 3 aromatic rings. The van der Waals surface area contributed by atoms with E-state index in [0.717, 1.165) is 37.9 Å². The molecule has 188 valence electrons. The van der Waals surface area contributed by atoms with Gasteiger partial charge in [0.05, 0.1) is 17.4 Å². The Morgan fingerprint density at radius 3 is 2.69 bits per heavy atom. The highest BCUT2D eigenvalue weighted by atomic mass is 79.9. The summed E-state index contributed by atoms with van der Waals surface area (Å²) in [6, 6.07) is 11.1. The number of rotatable bonds is 4. The molecule has 0 unspecified atom stereocenters. The number of nitrogens with zero attached hydrogens (tertiary/aromatic N) is 1. The van der Waals surface area contributed by atoms with E-state index in [-0.39, 0.29) is 22.5 Å². The van der Waals surface area contributed by atoms with Crippen LogP contribution >= 0.6 is 39.0 Å². The lowest BCUT2D eigenvalue weighted by Gasteiger charge is -2.43. The van der Waals surface area contributed by atoms with Crippen molar-refractivity contribution in [1.82, 2.24) is 10.2 Å². The van der Waals surface area contributed by atoms with Crippen LogP contribution in [0.15, 0.2) is 45.8 Å². The standard InChI is InChI=1S/C26H26BrN3O4S2/c1-3-28-25(33)29-23-21(16-5-4-6-19(34-2)22(16)35-23)24(32)30-11-9-26(10-12-30)14-18(31)17-13-15(27)7-8-20(17)36-26/h4-8,13H,3,9-12,14H2,1-2H3,(H2,28,29,33). The van der Waals surface area contributed by atoms with Crippen molar-refractivity contribution in [3.05, 3.63) is 52.0 Å². The molecular formula is C26H26BrN3O4S2. The minimum atomic E-state index is -0.350. The molecule has 2 aromatic carbocycles. The summed E-state index contributed by atoms with van der Waals surface area (Å²) in [5.74, 6) is 0.706. The molecule has 36 heavy (non-hydrogen) atoms. The van der Waals surface area contributed by atoms with E-state index in [0.29, 0.717) is 42.4 Å². The van der Waals surface area contributed by atoms with E-state index in [1.165, 1.54) is 11.3 Å². The van der Waals surface area contributed by atoms with E-state index in [1.54, 1.807) is 18.9 Å². The molecule has 1 fully saturated rings. The first-order valence-electron chi connectivity index (χ1n) is 11.8. The van der Waals surface area contributed by atoms with Crippen LogP contribution in [0, 0.1) is 0 Å². The van der Waals surface area contributed by atoms with Gasteiger partial charge in [-0.25, -0.2) is 4.79 Å². The second-order valence-corrected chi connectivity index (χ2v) is 12.4. The zero-order valence-corrected chi connectivity index (χ0v) is 23.2. The first-order valence-corrected chi connectivity index (χ1v) is 14.2. The number of anilines is 1. The van der Waals surface area contributed by atoms with Crippen molar-refractivity contribution < 1.29 is 19.1 Å². The molecule has 10 heteroatoms. The van der Waals surface area contributed by atoms with Gasteiger partial charge in [-0.2, -0.15) is 0 Å². The van der Waals surface area contributed by atoms with Gasteiger partial charge in [-0.3, -0.25) is 14.9 Å². The molecular weight excluding hydrogens is 562 g/mol. The summed E-state index contributed by atoms with van der Waals surface area (Å²) < 4.78 is 7.04. The maximum absolute atomic E-state index is 13.8. The average molecular weight is 589 g/mol. The molecule has 3 amide bonds. The third-order valence-corrected chi connectivity index (χ3v) is 9.88. The number of fused-ring (bicyclic) bond motifs is 2. The Labute approximate surface area is 226 Å². The largest absolute Gasteiger partial charge is 0.495 e. The van der Waals surface area contributed by atoms with Gasteiger partial charge in [0.1, 0.15) is 10.8 Å². The number of urea groups is 1. The molecule has 2 N–H and O–H groups in total. The Morgan fingerprint density at radius 2 is 1.97 bits per heavy atom. The number of ether oxygens (including phenoxy) is 1. The van der Waals surface area contributed by atoms with Crippen LogP contribution in [0.25, 0.3) is 10.1 Å². The fourth-order valence-corrected chi connectivity index (χ4v) is 7.90. The highest BCUT2D eigenvalue weighted by Crippen LogP contribution is 2.50. The Balaban J connectivity index is 1.40. The van der Waals surface area contributed by atoms with E-state index in [2.05, 4.69) is 26.6 Å². The van der Waals surface area contributed by atoms with Crippen LogP contribution in [0.3, 0.4) is 0 Å². The van der Waals surface area contributed by atoms with Crippen molar-refractivity contribution in [3.63, 3.8) is 0 Å². The number of benzene rings is 2. The Bertz CT molecular complexity index is 1360. The predicted molar refractivity (Wildman–Crippen MR) is 148 cm³/mol. The summed E-state index contributed by atoms with van der Waals surface area (Å²) in [6.07, 6.45) is 1.94. The number of likely N-dealkylation sites (tertiary alicyclic amines) is 1. The van der Waals surface area contributed by atoms with E-state index in [9.17, 15) is 14.4 Å². The van der Waals surface area contributed by atoms with Gasteiger partial charge in [0, 0.05) is 51.1 Å². The van der Waals surface area contributed by atoms with Crippen LogP contribution in [0.4, 0.5) is 9.80 Å². The Kier molecular flexibility index (Phi) is 7.02. The maximum Gasteiger partial charge on any atom is 0.319 e. The number of amides is 3. The van der Waals surface area contributed by atoms with Crippen LogP contribution in [-0.2, 0) is 0 Å². The van der Waals surface area contributed by atoms with Crippen molar-refractivity contribution in [1.29, 1.82) is 0 Å². The van der Waals surface area contributed by atoms with E-state index < -0.39 is 0 Å². The lowest BCUT2D eigenvalue weighted by Crippen LogP contribution is -2.47. The van der Waals surface area contributed by atoms with Crippen LogP contribution in [0.2, 0.25) is 0 Å². The van der Waals surface area contributed by atoms with Gasteiger partial charge in [-0.05, 0) is 44.0 Å². The fourth-order valence-electron chi connectivity index (χ4n) is 4.88. The summed E-state index contributed by atoms with van der Waals surface area (Å²) >= 11 is 6.57. The van der Waals surface area contributed by atoms with Gasteiger partial charge in [0.25, 0.3) is 5.91 Å². The van der Waals surface area contributed by atoms with Gasteiger partial charge in [0.2, 0.25) is 0 Å². The number of methoxy groups -OCH3 is 1. The number of thiophene rings is 1. The first-order chi connectivity index (χ1) is 17.3. The summed E-state index contributed by atoms with van der Waals surface area (Å²) in [7, 11) is 1.59. The maximum atomic E-state index is 13.8. The normalized spacial score (nSPS) is 16.6.